The van der Waals surface area contributed by atoms with E-state index in [2.05, 4.69) is 9.97 Å². The zero-order valence-corrected chi connectivity index (χ0v) is 13.9. The molecule has 0 aliphatic heterocycles. The molecule has 0 atom stereocenters. The van der Waals surface area contributed by atoms with Crippen molar-refractivity contribution in [2.24, 2.45) is 0 Å². The SMILES string of the molecule is COC(=O)c1c(-c2ccncc2)cc(-c2cccc(F)c2)n2ccnc12. The fourth-order valence-corrected chi connectivity index (χ4v) is 3.01. The summed E-state index contributed by atoms with van der Waals surface area (Å²) in [4.78, 5) is 20.8. The van der Waals surface area contributed by atoms with Crippen LogP contribution in [0.2, 0.25) is 0 Å². The van der Waals surface area contributed by atoms with Crippen LogP contribution in [-0.2, 0) is 4.74 Å². The van der Waals surface area contributed by atoms with Crippen molar-refractivity contribution in [1.29, 1.82) is 0 Å². The minimum atomic E-state index is -0.487. The number of benzene rings is 1. The molecule has 0 aliphatic rings. The van der Waals surface area contributed by atoms with Gasteiger partial charge in [-0.3, -0.25) is 9.38 Å². The molecule has 4 aromatic rings. The van der Waals surface area contributed by atoms with Crippen LogP contribution < -0.4 is 0 Å². The summed E-state index contributed by atoms with van der Waals surface area (Å²) in [6.07, 6.45) is 6.63. The predicted molar refractivity (Wildman–Crippen MR) is 95.2 cm³/mol. The second kappa shape index (κ2) is 6.40. The molecule has 0 aliphatic carbocycles. The molecule has 0 saturated heterocycles. The lowest BCUT2D eigenvalue weighted by atomic mass is 9.98. The average Bonchev–Trinajstić information content (AvgIpc) is 3.16. The van der Waals surface area contributed by atoms with Crippen molar-refractivity contribution in [3.63, 3.8) is 0 Å². The maximum atomic E-state index is 13.8. The largest absolute Gasteiger partial charge is 0.465 e. The molecular formula is C20H14FN3O2. The summed E-state index contributed by atoms with van der Waals surface area (Å²) in [5.74, 6) is -0.822. The van der Waals surface area contributed by atoms with Gasteiger partial charge in [-0.2, -0.15) is 0 Å². The molecule has 3 aromatic heterocycles. The molecule has 1 aromatic carbocycles. The highest BCUT2D eigenvalue weighted by atomic mass is 19.1. The van der Waals surface area contributed by atoms with Crippen LogP contribution in [0.25, 0.3) is 28.0 Å². The molecule has 26 heavy (non-hydrogen) atoms. The number of esters is 1. The minimum Gasteiger partial charge on any atom is -0.465 e. The van der Waals surface area contributed by atoms with E-state index in [-0.39, 0.29) is 5.82 Å². The quantitative estimate of drug-likeness (QED) is 0.526. The van der Waals surface area contributed by atoms with Gasteiger partial charge in [0.1, 0.15) is 11.4 Å². The predicted octanol–water partition coefficient (Wildman–Crippen LogP) is 3.99. The Bertz CT molecular complexity index is 1110. The van der Waals surface area contributed by atoms with E-state index in [1.54, 1.807) is 47.4 Å². The lowest BCUT2D eigenvalue weighted by Gasteiger charge is -2.14. The van der Waals surface area contributed by atoms with Crippen molar-refractivity contribution in [2.75, 3.05) is 7.11 Å². The molecule has 0 unspecified atom stereocenters. The number of methoxy groups -OCH3 is 1. The van der Waals surface area contributed by atoms with E-state index < -0.39 is 5.97 Å². The summed E-state index contributed by atoms with van der Waals surface area (Å²) in [7, 11) is 1.33. The summed E-state index contributed by atoms with van der Waals surface area (Å²) in [6, 6.07) is 11.7. The fourth-order valence-electron chi connectivity index (χ4n) is 3.01. The molecule has 6 heteroatoms. The van der Waals surface area contributed by atoms with E-state index in [0.717, 1.165) is 11.3 Å². The van der Waals surface area contributed by atoms with Gasteiger partial charge in [0.2, 0.25) is 0 Å². The average molecular weight is 347 g/mol. The van der Waals surface area contributed by atoms with Crippen molar-refractivity contribution in [2.45, 2.75) is 0 Å². The molecule has 4 rings (SSSR count). The van der Waals surface area contributed by atoms with Gasteiger partial charge in [0.15, 0.2) is 5.65 Å². The Morgan fingerprint density at radius 2 is 1.88 bits per heavy atom. The molecule has 0 bridgehead atoms. The van der Waals surface area contributed by atoms with Gasteiger partial charge in [-0.15, -0.1) is 0 Å². The molecule has 0 saturated carbocycles. The van der Waals surface area contributed by atoms with Crippen LogP contribution in [0.5, 0.6) is 0 Å². The van der Waals surface area contributed by atoms with Gasteiger partial charge in [0.25, 0.3) is 0 Å². The number of pyridine rings is 2. The lowest BCUT2D eigenvalue weighted by molar-refractivity contribution is 0.0603. The third-order valence-corrected chi connectivity index (χ3v) is 4.18. The maximum absolute atomic E-state index is 13.8. The van der Waals surface area contributed by atoms with Gasteiger partial charge < -0.3 is 4.74 Å². The van der Waals surface area contributed by atoms with E-state index in [0.29, 0.717) is 22.3 Å². The number of nitrogens with zero attached hydrogens (tertiary/aromatic N) is 3. The van der Waals surface area contributed by atoms with Crippen LogP contribution in [-0.4, -0.2) is 27.4 Å². The first kappa shape index (κ1) is 16.0. The van der Waals surface area contributed by atoms with Crippen LogP contribution in [0.1, 0.15) is 10.4 Å². The summed E-state index contributed by atoms with van der Waals surface area (Å²) in [6.45, 7) is 0. The Hall–Kier alpha value is -3.54. The van der Waals surface area contributed by atoms with Gasteiger partial charge in [-0.1, -0.05) is 12.1 Å². The van der Waals surface area contributed by atoms with Crippen molar-refractivity contribution in [3.05, 3.63) is 78.6 Å². The second-order valence-corrected chi connectivity index (χ2v) is 5.68. The number of ether oxygens (including phenoxy) is 1. The number of fused-ring (bicyclic) bond motifs is 1. The number of carbonyl (C=O) groups is 1. The summed E-state index contributed by atoms with van der Waals surface area (Å²) < 4.78 is 20.5. The number of halogens is 1. The molecule has 128 valence electrons. The Balaban J connectivity index is 2.09. The van der Waals surface area contributed by atoms with Gasteiger partial charge in [0.05, 0.1) is 12.8 Å². The van der Waals surface area contributed by atoms with Crippen LogP contribution in [0, 0.1) is 5.82 Å². The van der Waals surface area contributed by atoms with Crippen LogP contribution in [0.15, 0.2) is 67.3 Å². The number of carbonyl (C=O) groups excluding carboxylic acids is 1. The number of rotatable bonds is 3. The molecular weight excluding hydrogens is 333 g/mol. The Labute approximate surface area is 148 Å². The van der Waals surface area contributed by atoms with Crippen molar-refractivity contribution >= 4 is 11.6 Å². The van der Waals surface area contributed by atoms with Crippen LogP contribution >= 0.6 is 0 Å². The van der Waals surface area contributed by atoms with E-state index in [4.69, 9.17) is 4.74 Å². The van der Waals surface area contributed by atoms with Crippen molar-refractivity contribution in [1.82, 2.24) is 14.4 Å². The highest BCUT2D eigenvalue weighted by molar-refractivity contribution is 6.04. The zero-order chi connectivity index (χ0) is 18.1. The molecule has 0 fully saturated rings. The Morgan fingerprint density at radius 3 is 2.62 bits per heavy atom. The van der Waals surface area contributed by atoms with Crippen LogP contribution in [0.4, 0.5) is 4.39 Å². The van der Waals surface area contributed by atoms with Crippen LogP contribution in [0.3, 0.4) is 0 Å². The number of hydrogen-bond acceptors (Lipinski definition) is 4. The standard InChI is InChI=1S/C20H14FN3O2/c1-26-20(25)18-16(13-5-7-22-8-6-13)12-17(24-10-9-23-19(18)24)14-3-2-4-15(21)11-14/h2-12H,1H3. The lowest BCUT2D eigenvalue weighted by Crippen LogP contribution is -2.08. The topological polar surface area (TPSA) is 56.5 Å². The number of hydrogen-bond donors (Lipinski definition) is 0. The molecule has 0 radical (unpaired) electrons. The highest BCUT2D eigenvalue weighted by Crippen LogP contribution is 2.33. The van der Waals surface area contributed by atoms with Crippen molar-refractivity contribution < 1.29 is 13.9 Å². The molecule has 5 nitrogen and oxygen atoms in total. The monoisotopic (exact) mass is 347 g/mol. The Kier molecular flexibility index (Phi) is 3.93. The molecule has 3 heterocycles. The highest BCUT2D eigenvalue weighted by Gasteiger charge is 2.22. The summed E-state index contributed by atoms with van der Waals surface area (Å²) in [5, 5.41) is 0. The molecule has 0 amide bonds. The van der Waals surface area contributed by atoms with Gasteiger partial charge >= 0.3 is 5.97 Å². The molecule has 0 spiro atoms. The first-order valence-electron chi connectivity index (χ1n) is 7.94. The van der Waals surface area contributed by atoms with Gasteiger partial charge in [0, 0.05) is 35.9 Å². The third kappa shape index (κ3) is 2.61. The Morgan fingerprint density at radius 1 is 1.08 bits per heavy atom. The first-order valence-corrected chi connectivity index (χ1v) is 7.94. The first-order chi connectivity index (χ1) is 12.7. The summed E-state index contributed by atoms with van der Waals surface area (Å²) >= 11 is 0. The number of imidazole rings is 1. The van der Waals surface area contributed by atoms with Gasteiger partial charge in [-0.25, -0.2) is 14.2 Å². The van der Waals surface area contributed by atoms with E-state index in [1.165, 1.54) is 19.2 Å². The molecule has 0 N–H and O–H groups in total. The number of aromatic nitrogens is 3. The van der Waals surface area contributed by atoms with Gasteiger partial charge in [-0.05, 0) is 35.9 Å². The maximum Gasteiger partial charge on any atom is 0.342 e. The zero-order valence-electron chi connectivity index (χ0n) is 13.9. The second-order valence-electron chi connectivity index (χ2n) is 5.68. The van der Waals surface area contributed by atoms with E-state index in [1.807, 2.05) is 12.1 Å². The summed E-state index contributed by atoms with van der Waals surface area (Å²) in [5.41, 5.74) is 3.64. The smallest absolute Gasteiger partial charge is 0.342 e. The fraction of sp³-hybridized carbons (Fsp3) is 0.0500. The minimum absolute atomic E-state index is 0.335. The normalized spacial score (nSPS) is 10.8. The van der Waals surface area contributed by atoms with Crippen molar-refractivity contribution in [3.8, 4) is 22.4 Å². The van der Waals surface area contributed by atoms with E-state index >= 15 is 0 Å². The third-order valence-electron chi connectivity index (χ3n) is 4.18. The van der Waals surface area contributed by atoms with E-state index in [9.17, 15) is 9.18 Å².